The van der Waals surface area contributed by atoms with Gasteiger partial charge in [0.2, 0.25) is 35.7 Å². The number of nitrogens with two attached hydrogens (primary N) is 4. The summed E-state index contributed by atoms with van der Waals surface area (Å²) >= 11 is 0. The predicted octanol–water partition coefficient (Wildman–Crippen LogP) is -3.17. The van der Waals surface area contributed by atoms with Crippen molar-refractivity contribution in [3.05, 3.63) is 47.5 Å². The maximum Gasteiger partial charge on any atom is 0.295 e. The highest BCUT2D eigenvalue weighted by atomic mass is 32.2. The fraction of sp³-hybridized carbons (Fsp3) is 0.375. The Kier molecular flexibility index (Phi) is 21.3. The third-order valence-corrected chi connectivity index (χ3v) is 8.94. The molecule has 0 aliphatic rings. The molecule has 28 heteroatoms. The van der Waals surface area contributed by atoms with Crippen molar-refractivity contribution in [2.24, 2.45) is 11.5 Å². The first-order valence-corrected chi connectivity index (χ1v) is 20.4. The second kappa shape index (κ2) is 25.2. The zero-order valence-corrected chi connectivity index (χ0v) is 33.7. The predicted molar refractivity (Wildman–Crippen MR) is 222 cm³/mol. The number of nitrogens with one attached hydrogen (secondary N) is 2. The number of aromatic nitrogens is 6. The van der Waals surface area contributed by atoms with Crippen molar-refractivity contribution in [2.75, 3.05) is 111 Å². The molecule has 26 nitrogen and oxygen atoms in total. The Morgan fingerprint density at radius 2 is 0.850 bits per heavy atom. The van der Waals surface area contributed by atoms with Crippen LogP contribution in [-0.4, -0.2) is 165 Å². The molecule has 2 heterocycles. The average molecular weight is 887 g/mol. The molecule has 0 bridgehead atoms. The molecule has 0 amide bonds. The van der Waals surface area contributed by atoms with Crippen LogP contribution in [-0.2, 0) is 20.2 Å². The summed E-state index contributed by atoms with van der Waals surface area (Å²) < 4.78 is 69.7. The van der Waals surface area contributed by atoms with Crippen LogP contribution in [0.15, 0.2) is 46.2 Å². The van der Waals surface area contributed by atoms with Crippen LogP contribution in [0.25, 0.3) is 12.2 Å². The lowest BCUT2D eigenvalue weighted by Gasteiger charge is -2.21. The monoisotopic (exact) mass is 886 g/mol. The molecule has 4 aromatic rings. The Bertz CT molecular complexity index is 2040. The summed E-state index contributed by atoms with van der Waals surface area (Å²) in [4.78, 5) is 26.0. The molecule has 0 spiro atoms. The van der Waals surface area contributed by atoms with E-state index in [4.69, 9.17) is 33.1 Å². The molecule has 4 rings (SSSR count). The zero-order valence-electron chi connectivity index (χ0n) is 32.0. The van der Waals surface area contributed by atoms with Crippen LogP contribution in [0.2, 0.25) is 0 Å². The van der Waals surface area contributed by atoms with Gasteiger partial charge in [-0.05, 0) is 35.4 Å². The van der Waals surface area contributed by atoms with Crippen molar-refractivity contribution in [3.8, 4) is 0 Å². The van der Waals surface area contributed by atoms with E-state index in [9.17, 15) is 46.4 Å². The van der Waals surface area contributed by atoms with Crippen LogP contribution in [0.3, 0.4) is 0 Å². The fourth-order valence-electron chi connectivity index (χ4n) is 4.65. The first kappa shape index (κ1) is 50.6. The molecule has 0 atom stereocenters. The summed E-state index contributed by atoms with van der Waals surface area (Å²) in [6.07, 6.45) is 2.39. The largest absolute Gasteiger partial charge is 0.395 e. The Morgan fingerprint density at radius 3 is 1.12 bits per heavy atom. The smallest absolute Gasteiger partial charge is 0.295 e. The molecule has 18 N–H and O–H groups in total. The van der Waals surface area contributed by atoms with E-state index in [1.807, 2.05) is 0 Å². The van der Waals surface area contributed by atoms with Crippen molar-refractivity contribution < 1.29 is 56.6 Å². The number of aliphatic hydroxyl groups is 6. The highest BCUT2D eigenvalue weighted by Gasteiger charge is 2.20. The van der Waals surface area contributed by atoms with Crippen LogP contribution < -0.4 is 43.4 Å². The second-order valence-corrected chi connectivity index (χ2v) is 14.3. The fourth-order valence-corrected chi connectivity index (χ4v) is 6.07. The molecule has 2 aromatic carbocycles. The highest BCUT2D eigenvalue weighted by molar-refractivity contribution is 7.86. The van der Waals surface area contributed by atoms with Gasteiger partial charge in [-0.15, -0.1) is 0 Å². The standard InChI is InChI=1S/C28H36N12O10S2.2C2H7NO/c29-23-33-25(37-27(35-23)39(7-11-41)8-12-42)31-19-5-3-17(21(15-19)51(45,46)47)1-2-18-4-6-20(16-22(18)52(48,49)50)32-26-34-24(30)36-28(38-26)40(9-13-43)10-14-44;2*3-1-2-4/h1-6,15-16,41-44H,7-14H2,(H,45,46,47)(H,48,49,50)(H3,29,31,33,35,37)(H3,30,32,34,36,38);2*4H,1-3H2/b2-1+;;. The molecule has 0 unspecified atom stereocenters. The van der Waals surface area contributed by atoms with E-state index in [-0.39, 0.29) is 124 Å². The Hall–Kier alpha value is -5.50. The van der Waals surface area contributed by atoms with Gasteiger partial charge in [0.1, 0.15) is 9.79 Å². The van der Waals surface area contributed by atoms with Crippen LogP contribution in [0.1, 0.15) is 11.1 Å². The second-order valence-electron chi connectivity index (χ2n) is 11.6. The van der Waals surface area contributed by atoms with E-state index in [2.05, 4.69) is 40.5 Å². The van der Waals surface area contributed by atoms with E-state index in [0.29, 0.717) is 13.1 Å². The number of nitrogen functional groups attached to an aromatic ring is 2. The van der Waals surface area contributed by atoms with Gasteiger partial charge < -0.3 is 74.0 Å². The molecule has 2 aromatic heterocycles. The lowest BCUT2D eigenvalue weighted by atomic mass is 10.1. The summed E-state index contributed by atoms with van der Waals surface area (Å²) in [6.45, 7) is 0.132. The maximum absolute atomic E-state index is 12.4. The summed E-state index contributed by atoms with van der Waals surface area (Å²) in [5, 5.41) is 58.3. The first-order valence-electron chi connectivity index (χ1n) is 17.5. The molecular weight excluding hydrogens is 837 g/mol. The number of hydrogen-bond donors (Lipinski definition) is 14. The third kappa shape index (κ3) is 16.6. The van der Waals surface area contributed by atoms with Crippen molar-refractivity contribution in [1.82, 2.24) is 29.9 Å². The Morgan fingerprint density at radius 1 is 0.533 bits per heavy atom. The van der Waals surface area contributed by atoms with Gasteiger partial charge in [0.05, 0.1) is 39.6 Å². The number of aliphatic hydroxyl groups excluding tert-OH is 6. The van der Waals surface area contributed by atoms with E-state index < -0.39 is 30.0 Å². The van der Waals surface area contributed by atoms with E-state index in [0.717, 1.165) is 12.1 Å². The minimum absolute atomic E-state index is 0.0217. The van der Waals surface area contributed by atoms with Crippen LogP contribution in [0, 0.1) is 0 Å². The summed E-state index contributed by atoms with van der Waals surface area (Å²) in [6, 6.07) is 7.50. The topological polar surface area (TPSA) is 442 Å². The van der Waals surface area contributed by atoms with E-state index in [1.54, 1.807) is 0 Å². The molecule has 0 aliphatic heterocycles. The van der Waals surface area contributed by atoms with Crippen LogP contribution in [0.4, 0.5) is 47.1 Å². The van der Waals surface area contributed by atoms with Gasteiger partial charge in [0.15, 0.2) is 0 Å². The van der Waals surface area contributed by atoms with Crippen LogP contribution >= 0.6 is 0 Å². The van der Waals surface area contributed by atoms with Gasteiger partial charge in [-0.3, -0.25) is 9.11 Å². The Labute approximate surface area is 344 Å². The number of rotatable bonds is 20. The van der Waals surface area contributed by atoms with Crippen molar-refractivity contribution in [3.63, 3.8) is 0 Å². The molecule has 0 saturated carbocycles. The Balaban J connectivity index is 0.00000142. The molecule has 60 heavy (non-hydrogen) atoms. The highest BCUT2D eigenvalue weighted by Crippen LogP contribution is 2.28. The van der Waals surface area contributed by atoms with Crippen molar-refractivity contribution in [1.29, 1.82) is 0 Å². The summed E-state index contributed by atoms with van der Waals surface area (Å²) in [5.41, 5.74) is 21.2. The molecular formula is C32H50N14O12S2. The molecule has 0 radical (unpaired) electrons. The van der Waals surface area contributed by atoms with Crippen molar-refractivity contribution >= 4 is 79.5 Å². The van der Waals surface area contributed by atoms with Gasteiger partial charge in [-0.2, -0.15) is 46.7 Å². The van der Waals surface area contributed by atoms with Gasteiger partial charge in [-0.25, -0.2) is 0 Å². The number of anilines is 8. The number of benzene rings is 2. The van der Waals surface area contributed by atoms with Crippen molar-refractivity contribution in [2.45, 2.75) is 9.79 Å². The summed E-state index contributed by atoms with van der Waals surface area (Å²) in [7, 11) is -9.74. The molecule has 0 aliphatic carbocycles. The van der Waals surface area contributed by atoms with Gasteiger partial charge >= 0.3 is 0 Å². The van der Waals surface area contributed by atoms with Gasteiger partial charge in [0.25, 0.3) is 20.2 Å². The van der Waals surface area contributed by atoms with E-state index >= 15 is 0 Å². The lowest BCUT2D eigenvalue weighted by Crippen LogP contribution is -2.31. The number of nitrogens with zero attached hydrogens (tertiary/aromatic N) is 8. The lowest BCUT2D eigenvalue weighted by molar-refractivity contribution is 0.279. The summed E-state index contributed by atoms with van der Waals surface area (Å²) in [5.74, 6) is -0.638. The van der Waals surface area contributed by atoms with E-state index in [1.165, 1.54) is 46.2 Å². The molecule has 0 saturated heterocycles. The average Bonchev–Trinajstić information content (AvgIpc) is 3.19. The maximum atomic E-state index is 12.4. The normalized spacial score (nSPS) is 11.3. The number of hydrogen-bond acceptors (Lipinski definition) is 24. The minimum atomic E-state index is -4.87. The SMILES string of the molecule is NCCO.NCCO.Nc1nc(Nc2ccc(/C=C/c3ccc(Nc4nc(N)nc(N(CCO)CCO)n4)cc3S(=O)(=O)O)c(S(=O)(=O)O)c2)nc(N(CCO)CCO)n1. The quantitative estimate of drug-likeness (QED) is 0.0307. The first-order chi connectivity index (χ1) is 28.5. The van der Waals surface area contributed by atoms with Crippen LogP contribution in [0.5, 0.6) is 0 Å². The van der Waals surface area contributed by atoms with Gasteiger partial charge in [-0.1, -0.05) is 24.3 Å². The molecule has 0 fully saturated rings. The van der Waals surface area contributed by atoms with Gasteiger partial charge in [0, 0.05) is 50.6 Å². The molecule has 332 valence electrons. The third-order valence-electron chi connectivity index (χ3n) is 7.12. The zero-order chi connectivity index (χ0) is 44.9. The minimum Gasteiger partial charge on any atom is -0.395 e.